The fourth-order valence-electron chi connectivity index (χ4n) is 3.26. The molecule has 2 aromatic carbocycles. The fourth-order valence-corrected chi connectivity index (χ4v) is 4.54. The number of carbonyl (C=O) groups is 1. The van der Waals surface area contributed by atoms with Crippen molar-refractivity contribution in [2.75, 3.05) is 11.7 Å². The standard InChI is InChI=1S/C21H12N2O6S2/c24-20-19(31-21(30)22(20)12-5-7-17-18(9-12)28-11-27-17)10-13-6-8-16(29-13)14-3-1-2-4-15(14)23(25)26/h1-10H,11H2/b19-10+. The van der Waals surface area contributed by atoms with Crippen LogP contribution >= 0.6 is 24.0 Å². The molecule has 3 aromatic rings. The molecule has 0 spiro atoms. The lowest BCUT2D eigenvalue weighted by Gasteiger charge is -2.14. The Kier molecular flexibility index (Phi) is 4.72. The molecule has 1 aromatic heterocycles. The molecular formula is C21H12N2O6S2. The highest BCUT2D eigenvalue weighted by Crippen LogP contribution is 2.41. The van der Waals surface area contributed by atoms with Gasteiger partial charge in [-0.05, 0) is 30.3 Å². The maximum Gasteiger partial charge on any atom is 0.280 e. The molecule has 0 N–H and O–H groups in total. The van der Waals surface area contributed by atoms with Gasteiger partial charge in [-0.25, -0.2) is 0 Å². The zero-order valence-electron chi connectivity index (χ0n) is 15.6. The van der Waals surface area contributed by atoms with Crippen molar-refractivity contribution in [2.24, 2.45) is 0 Å². The summed E-state index contributed by atoms with van der Waals surface area (Å²) in [5.74, 6) is 1.60. The summed E-state index contributed by atoms with van der Waals surface area (Å²) < 4.78 is 16.8. The number of nitro benzene ring substituents is 1. The van der Waals surface area contributed by atoms with Gasteiger partial charge in [0.05, 0.1) is 21.1 Å². The molecule has 2 aliphatic heterocycles. The van der Waals surface area contributed by atoms with E-state index in [0.29, 0.717) is 43.5 Å². The van der Waals surface area contributed by atoms with Crippen LogP contribution in [0.5, 0.6) is 11.5 Å². The second-order valence-corrected chi connectivity index (χ2v) is 8.21. The van der Waals surface area contributed by atoms with Crippen molar-refractivity contribution >= 4 is 51.7 Å². The number of para-hydroxylation sites is 1. The molecule has 0 atom stereocenters. The number of ether oxygens (including phenoxy) is 2. The molecule has 31 heavy (non-hydrogen) atoms. The maximum absolute atomic E-state index is 13.0. The number of nitro groups is 1. The minimum Gasteiger partial charge on any atom is -0.456 e. The first-order valence-electron chi connectivity index (χ1n) is 9.02. The number of anilines is 1. The summed E-state index contributed by atoms with van der Waals surface area (Å²) in [6.07, 6.45) is 1.57. The summed E-state index contributed by atoms with van der Waals surface area (Å²) in [4.78, 5) is 25.6. The van der Waals surface area contributed by atoms with Gasteiger partial charge >= 0.3 is 0 Å². The molecule has 1 fully saturated rings. The van der Waals surface area contributed by atoms with Gasteiger partial charge in [0.25, 0.3) is 11.6 Å². The first-order valence-corrected chi connectivity index (χ1v) is 10.2. The number of nitrogens with zero attached hydrogens (tertiary/aromatic N) is 2. The predicted octanol–water partition coefficient (Wildman–Crippen LogP) is 4.99. The Balaban J connectivity index is 1.43. The summed E-state index contributed by atoms with van der Waals surface area (Å²) in [7, 11) is 0. The van der Waals surface area contributed by atoms with Crippen molar-refractivity contribution < 1.29 is 23.6 Å². The van der Waals surface area contributed by atoms with Crippen LogP contribution in [0.25, 0.3) is 17.4 Å². The van der Waals surface area contributed by atoms with Crippen molar-refractivity contribution in [2.45, 2.75) is 0 Å². The van der Waals surface area contributed by atoms with Crippen LogP contribution in [0.15, 0.2) is 63.9 Å². The molecule has 0 saturated carbocycles. The molecule has 0 bridgehead atoms. The Morgan fingerprint density at radius 2 is 1.90 bits per heavy atom. The fraction of sp³-hybridized carbons (Fsp3) is 0.0476. The average molecular weight is 452 g/mol. The number of rotatable bonds is 4. The van der Waals surface area contributed by atoms with Crippen molar-refractivity contribution in [3.63, 3.8) is 0 Å². The normalized spacial score (nSPS) is 16.4. The first kappa shape index (κ1) is 19.3. The van der Waals surface area contributed by atoms with E-state index in [-0.39, 0.29) is 18.4 Å². The molecule has 1 amide bonds. The number of thioether (sulfide) groups is 1. The van der Waals surface area contributed by atoms with E-state index >= 15 is 0 Å². The van der Waals surface area contributed by atoms with E-state index in [2.05, 4.69) is 0 Å². The molecule has 1 saturated heterocycles. The van der Waals surface area contributed by atoms with Crippen LogP contribution in [-0.4, -0.2) is 21.9 Å². The zero-order chi connectivity index (χ0) is 21.5. The molecule has 0 aliphatic carbocycles. The average Bonchev–Trinajstić information content (AvgIpc) is 3.47. The van der Waals surface area contributed by atoms with Gasteiger partial charge in [-0.3, -0.25) is 19.8 Å². The van der Waals surface area contributed by atoms with E-state index in [1.165, 1.54) is 11.0 Å². The molecule has 0 radical (unpaired) electrons. The number of benzene rings is 2. The van der Waals surface area contributed by atoms with E-state index in [0.717, 1.165) is 11.8 Å². The van der Waals surface area contributed by atoms with Crippen LogP contribution in [-0.2, 0) is 4.79 Å². The Hall–Kier alpha value is -3.63. The van der Waals surface area contributed by atoms with Gasteiger partial charge in [0, 0.05) is 18.2 Å². The summed E-state index contributed by atoms with van der Waals surface area (Å²) in [6, 6.07) is 14.8. The van der Waals surface area contributed by atoms with E-state index in [4.69, 9.17) is 26.1 Å². The molecule has 2 aliphatic rings. The van der Waals surface area contributed by atoms with Gasteiger partial charge in [0.2, 0.25) is 6.79 Å². The molecule has 0 unspecified atom stereocenters. The SMILES string of the molecule is O=C1/C(=C\c2ccc(-c3ccccc3[N+](=O)[O-])o2)SC(=S)N1c1ccc2c(c1)OCO2. The maximum atomic E-state index is 13.0. The number of carbonyl (C=O) groups excluding carboxylic acids is 1. The third kappa shape index (κ3) is 3.45. The van der Waals surface area contributed by atoms with E-state index in [9.17, 15) is 14.9 Å². The van der Waals surface area contributed by atoms with Crippen LogP contribution in [0, 0.1) is 10.1 Å². The van der Waals surface area contributed by atoms with E-state index in [1.807, 2.05) is 0 Å². The monoisotopic (exact) mass is 452 g/mol. The van der Waals surface area contributed by atoms with Gasteiger partial charge in [-0.1, -0.05) is 36.1 Å². The predicted molar refractivity (Wildman–Crippen MR) is 119 cm³/mol. The molecule has 10 heteroatoms. The van der Waals surface area contributed by atoms with Gasteiger partial charge in [-0.15, -0.1) is 0 Å². The Labute approximate surface area is 185 Å². The lowest BCUT2D eigenvalue weighted by molar-refractivity contribution is -0.384. The second kappa shape index (κ2) is 7.56. The lowest BCUT2D eigenvalue weighted by Crippen LogP contribution is -2.27. The van der Waals surface area contributed by atoms with Crippen LogP contribution in [0.3, 0.4) is 0 Å². The molecule has 5 rings (SSSR count). The van der Waals surface area contributed by atoms with Crippen LogP contribution in [0.1, 0.15) is 5.76 Å². The molecule has 154 valence electrons. The van der Waals surface area contributed by atoms with E-state index in [1.54, 1.807) is 54.6 Å². The largest absolute Gasteiger partial charge is 0.456 e. The quantitative estimate of drug-likeness (QED) is 0.236. The van der Waals surface area contributed by atoms with E-state index < -0.39 is 4.92 Å². The number of thiocarbonyl (C=S) groups is 1. The van der Waals surface area contributed by atoms with Gasteiger partial charge in [-0.2, -0.15) is 0 Å². The third-order valence-corrected chi connectivity index (χ3v) is 5.98. The van der Waals surface area contributed by atoms with Crippen LogP contribution in [0.2, 0.25) is 0 Å². The van der Waals surface area contributed by atoms with Crippen LogP contribution in [0.4, 0.5) is 11.4 Å². The summed E-state index contributed by atoms with van der Waals surface area (Å²) in [6.45, 7) is 0.136. The Morgan fingerprint density at radius 1 is 1.10 bits per heavy atom. The number of amides is 1. The minimum absolute atomic E-state index is 0.0578. The smallest absolute Gasteiger partial charge is 0.280 e. The van der Waals surface area contributed by atoms with Crippen molar-refractivity contribution in [3.8, 4) is 22.8 Å². The Bertz CT molecular complexity index is 1280. The van der Waals surface area contributed by atoms with Gasteiger partial charge in [0.1, 0.15) is 11.5 Å². The summed E-state index contributed by atoms with van der Waals surface area (Å²) >= 11 is 6.54. The highest BCUT2D eigenvalue weighted by Gasteiger charge is 2.34. The summed E-state index contributed by atoms with van der Waals surface area (Å²) in [5.41, 5.74) is 0.882. The van der Waals surface area contributed by atoms with Crippen molar-refractivity contribution in [3.05, 3.63) is 75.4 Å². The highest BCUT2D eigenvalue weighted by molar-refractivity contribution is 8.27. The van der Waals surface area contributed by atoms with Gasteiger partial charge in [0.15, 0.2) is 15.8 Å². The Morgan fingerprint density at radius 3 is 2.74 bits per heavy atom. The third-order valence-electron chi connectivity index (χ3n) is 4.67. The second-order valence-electron chi connectivity index (χ2n) is 6.53. The molecular weight excluding hydrogens is 440 g/mol. The number of hydrogen-bond donors (Lipinski definition) is 0. The molecule has 8 nitrogen and oxygen atoms in total. The molecule has 3 heterocycles. The number of fused-ring (bicyclic) bond motifs is 1. The summed E-state index contributed by atoms with van der Waals surface area (Å²) in [5, 5.41) is 11.3. The topological polar surface area (TPSA) is 95.0 Å². The van der Waals surface area contributed by atoms with Gasteiger partial charge < -0.3 is 13.9 Å². The van der Waals surface area contributed by atoms with Crippen LogP contribution < -0.4 is 14.4 Å². The lowest BCUT2D eigenvalue weighted by atomic mass is 10.1. The zero-order valence-corrected chi connectivity index (χ0v) is 17.3. The van der Waals surface area contributed by atoms with Crippen molar-refractivity contribution in [1.82, 2.24) is 0 Å². The number of hydrogen-bond acceptors (Lipinski definition) is 8. The minimum atomic E-state index is -0.464. The first-order chi connectivity index (χ1) is 15.0. The number of furan rings is 1. The van der Waals surface area contributed by atoms with Crippen molar-refractivity contribution in [1.29, 1.82) is 0 Å². The highest BCUT2D eigenvalue weighted by atomic mass is 32.2.